The molecule has 8 heteroatoms. The zero-order valence-electron chi connectivity index (χ0n) is 7.65. The van der Waals surface area contributed by atoms with Gasteiger partial charge in [0.05, 0.1) is 23.0 Å². The summed E-state index contributed by atoms with van der Waals surface area (Å²) in [5, 5.41) is 19.2. The Morgan fingerprint density at radius 3 is 2.75 bits per heavy atom. The van der Waals surface area contributed by atoms with E-state index >= 15 is 0 Å². The van der Waals surface area contributed by atoms with E-state index in [9.17, 15) is 18.9 Å². The Morgan fingerprint density at radius 1 is 1.69 bits per heavy atom. The number of aromatic nitrogens is 1. The minimum Gasteiger partial charge on any atom is -0.258 e. The van der Waals surface area contributed by atoms with Gasteiger partial charge in [-0.1, -0.05) is 0 Å². The second-order valence-electron chi connectivity index (χ2n) is 2.72. The highest BCUT2D eigenvalue weighted by atomic mass is 79.9. The SMILES string of the molecule is N#CCc1c(Br)ncc(C(F)F)c1[N+](=O)[O-]. The second kappa shape index (κ2) is 4.94. The van der Waals surface area contributed by atoms with Crippen LogP contribution in [0.2, 0.25) is 0 Å². The average molecular weight is 292 g/mol. The fraction of sp³-hybridized carbons (Fsp3) is 0.250. The van der Waals surface area contributed by atoms with Crippen molar-refractivity contribution >= 4 is 21.6 Å². The van der Waals surface area contributed by atoms with Gasteiger partial charge in [-0.3, -0.25) is 10.1 Å². The molecule has 16 heavy (non-hydrogen) atoms. The molecule has 0 aliphatic carbocycles. The van der Waals surface area contributed by atoms with Gasteiger partial charge in [0, 0.05) is 6.20 Å². The Bertz CT molecular complexity index is 473. The van der Waals surface area contributed by atoms with Crippen LogP contribution in [-0.4, -0.2) is 9.91 Å². The predicted molar refractivity (Wildman–Crippen MR) is 52.9 cm³/mol. The van der Waals surface area contributed by atoms with Gasteiger partial charge in [0.1, 0.15) is 10.2 Å². The Balaban J connectivity index is 3.51. The van der Waals surface area contributed by atoms with E-state index in [1.54, 1.807) is 6.07 Å². The summed E-state index contributed by atoms with van der Waals surface area (Å²) < 4.78 is 25.0. The number of hydrogen-bond acceptors (Lipinski definition) is 4. The number of alkyl halides is 2. The van der Waals surface area contributed by atoms with Crippen molar-refractivity contribution in [2.24, 2.45) is 0 Å². The van der Waals surface area contributed by atoms with Gasteiger partial charge in [-0.25, -0.2) is 13.8 Å². The normalized spacial score (nSPS) is 10.2. The largest absolute Gasteiger partial charge is 0.286 e. The lowest BCUT2D eigenvalue weighted by Gasteiger charge is -2.06. The van der Waals surface area contributed by atoms with E-state index in [-0.39, 0.29) is 16.6 Å². The van der Waals surface area contributed by atoms with Gasteiger partial charge in [0.15, 0.2) is 0 Å². The number of nitriles is 1. The summed E-state index contributed by atoms with van der Waals surface area (Å²) in [5.41, 5.74) is -1.66. The van der Waals surface area contributed by atoms with E-state index in [1.165, 1.54) is 0 Å². The summed E-state index contributed by atoms with van der Waals surface area (Å²) in [5.74, 6) is 0. The monoisotopic (exact) mass is 291 g/mol. The average Bonchev–Trinajstić information content (AvgIpc) is 2.20. The summed E-state index contributed by atoms with van der Waals surface area (Å²) in [7, 11) is 0. The summed E-state index contributed by atoms with van der Waals surface area (Å²) in [4.78, 5) is 13.3. The quantitative estimate of drug-likeness (QED) is 0.487. The molecule has 5 nitrogen and oxygen atoms in total. The Hall–Kier alpha value is -1.62. The van der Waals surface area contributed by atoms with E-state index in [2.05, 4.69) is 20.9 Å². The fourth-order valence-electron chi connectivity index (χ4n) is 1.15. The van der Waals surface area contributed by atoms with Gasteiger partial charge < -0.3 is 0 Å². The van der Waals surface area contributed by atoms with Crippen molar-refractivity contribution in [3.05, 3.63) is 32.0 Å². The molecule has 0 amide bonds. The van der Waals surface area contributed by atoms with Crippen LogP contribution in [0.25, 0.3) is 0 Å². The van der Waals surface area contributed by atoms with Crippen LogP contribution >= 0.6 is 15.9 Å². The zero-order valence-corrected chi connectivity index (χ0v) is 9.24. The molecule has 0 aromatic carbocycles. The molecule has 0 fully saturated rings. The molecule has 1 aromatic heterocycles. The predicted octanol–water partition coefficient (Wildman–Crippen LogP) is 2.76. The van der Waals surface area contributed by atoms with Crippen LogP contribution in [0.3, 0.4) is 0 Å². The summed E-state index contributed by atoms with van der Waals surface area (Å²) >= 11 is 2.89. The van der Waals surface area contributed by atoms with Crippen LogP contribution < -0.4 is 0 Å². The van der Waals surface area contributed by atoms with Crippen molar-refractivity contribution in [3.8, 4) is 6.07 Å². The zero-order chi connectivity index (χ0) is 12.3. The van der Waals surface area contributed by atoms with Crippen LogP contribution in [0, 0.1) is 21.4 Å². The number of pyridine rings is 1. The maximum atomic E-state index is 12.5. The standard InChI is InChI=1S/C8H4BrF2N3O2/c9-7-4(1-2-12)6(14(15)16)5(3-13-7)8(10)11/h3,8H,1H2. The third-order valence-electron chi connectivity index (χ3n) is 1.80. The molecule has 0 atom stereocenters. The molecule has 0 aliphatic heterocycles. The molecule has 1 heterocycles. The minimum absolute atomic E-state index is 0.0325. The lowest BCUT2D eigenvalue weighted by atomic mass is 10.1. The van der Waals surface area contributed by atoms with Crippen LogP contribution in [0.1, 0.15) is 17.6 Å². The van der Waals surface area contributed by atoms with E-state index in [4.69, 9.17) is 5.26 Å². The molecule has 0 spiro atoms. The molecule has 1 rings (SSSR count). The van der Waals surface area contributed by atoms with Crippen molar-refractivity contribution in [1.82, 2.24) is 4.98 Å². The molecule has 0 unspecified atom stereocenters. The van der Waals surface area contributed by atoms with Gasteiger partial charge in [0.25, 0.3) is 12.1 Å². The van der Waals surface area contributed by atoms with Gasteiger partial charge in [-0.05, 0) is 15.9 Å². The van der Waals surface area contributed by atoms with Crippen LogP contribution in [-0.2, 0) is 6.42 Å². The third-order valence-corrected chi connectivity index (χ3v) is 2.48. The highest BCUT2D eigenvalue weighted by Crippen LogP contribution is 2.34. The topological polar surface area (TPSA) is 79.8 Å². The molecule has 0 aliphatic rings. The molecule has 84 valence electrons. The minimum atomic E-state index is -3.00. The first kappa shape index (κ1) is 12.4. The molecule has 0 N–H and O–H groups in total. The van der Waals surface area contributed by atoms with Crippen LogP contribution in [0.15, 0.2) is 10.8 Å². The third kappa shape index (κ3) is 2.30. The summed E-state index contributed by atoms with van der Waals surface area (Å²) in [6.07, 6.45) is -2.63. The number of halogens is 3. The maximum absolute atomic E-state index is 12.5. The lowest BCUT2D eigenvalue weighted by Crippen LogP contribution is -2.03. The van der Waals surface area contributed by atoms with E-state index in [1.807, 2.05) is 0 Å². The molecule has 1 aromatic rings. The van der Waals surface area contributed by atoms with E-state index in [0.29, 0.717) is 0 Å². The van der Waals surface area contributed by atoms with Gasteiger partial charge in [0.2, 0.25) is 0 Å². The number of hydrogen-bond donors (Lipinski definition) is 0. The Morgan fingerprint density at radius 2 is 2.31 bits per heavy atom. The van der Waals surface area contributed by atoms with Crippen molar-refractivity contribution in [2.75, 3.05) is 0 Å². The summed E-state index contributed by atoms with van der Waals surface area (Å²) in [6.45, 7) is 0. The smallest absolute Gasteiger partial charge is 0.258 e. The summed E-state index contributed by atoms with van der Waals surface area (Å²) in [6, 6.07) is 1.67. The van der Waals surface area contributed by atoms with Crippen molar-refractivity contribution in [2.45, 2.75) is 12.8 Å². The molecule has 0 radical (unpaired) electrons. The molecular formula is C8H4BrF2N3O2. The Kier molecular flexibility index (Phi) is 3.84. The van der Waals surface area contributed by atoms with E-state index < -0.39 is 22.6 Å². The number of nitrogens with zero attached hydrogens (tertiary/aromatic N) is 3. The molecule has 0 bridgehead atoms. The first-order valence-electron chi connectivity index (χ1n) is 3.95. The van der Waals surface area contributed by atoms with Crippen molar-refractivity contribution in [1.29, 1.82) is 5.26 Å². The van der Waals surface area contributed by atoms with Gasteiger partial charge in [-0.15, -0.1) is 0 Å². The van der Waals surface area contributed by atoms with Crippen molar-refractivity contribution < 1.29 is 13.7 Å². The number of rotatable bonds is 3. The van der Waals surface area contributed by atoms with Gasteiger partial charge >= 0.3 is 0 Å². The fourth-order valence-corrected chi connectivity index (χ4v) is 1.58. The van der Waals surface area contributed by atoms with E-state index in [0.717, 1.165) is 6.20 Å². The maximum Gasteiger partial charge on any atom is 0.286 e. The molecule has 0 saturated heterocycles. The highest BCUT2D eigenvalue weighted by molar-refractivity contribution is 9.10. The lowest BCUT2D eigenvalue weighted by molar-refractivity contribution is -0.387. The van der Waals surface area contributed by atoms with Gasteiger partial charge in [-0.2, -0.15) is 5.26 Å². The molecule has 0 saturated carbocycles. The second-order valence-corrected chi connectivity index (χ2v) is 3.48. The first-order chi connectivity index (χ1) is 7.49. The molecular weight excluding hydrogens is 288 g/mol. The highest BCUT2D eigenvalue weighted by Gasteiger charge is 2.28. The van der Waals surface area contributed by atoms with Crippen LogP contribution in [0.5, 0.6) is 0 Å². The number of nitro groups is 1. The first-order valence-corrected chi connectivity index (χ1v) is 4.75. The Labute approximate surface area is 97.0 Å². The van der Waals surface area contributed by atoms with Crippen molar-refractivity contribution in [3.63, 3.8) is 0 Å². The van der Waals surface area contributed by atoms with Crippen LogP contribution in [0.4, 0.5) is 14.5 Å².